The number of carbonyl (C=O) groups excluding carboxylic acids is 1. The minimum absolute atomic E-state index is 0.0611. The summed E-state index contributed by atoms with van der Waals surface area (Å²) in [5.74, 6) is -0.0611. The molecular formula is C12H14BrNOS. The molecular weight excluding hydrogens is 286 g/mol. The minimum Gasteiger partial charge on any atom is -0.347 e. The molecule has 0 aliphatic carbocycles. The highest BCUT2D eigenvalue weighted by atomic mass is 79.9. The maximum atomic E-state index is 11.9. The molecule has 16 heavy (non-hydrogen) atoms. The molecule has 0 unspecified atom stereocenters. The van der Waals surface area contributed by atoms with E-state index in [9.17, 15) is 4.79 Å². The summed E-state index contributed by atoms with van der Waals surface area (Å²) in [5, 5.41) is 2.80. The van der Waals surface area contributed by atoms with Gasteiger partial charge in [-0.3, -0.25) is 4.79 Å². The Morgan fingerprint density at radius 1 is 1.56 bits per heavy atom. The van der Waals surface area contributed by atoms with Crippen LogP contribution in [0.1, 0.15) is 15.9 Å². The Kier molecular flexibility index (Phi) is 5.09. The summed E-state index contributed by atoms with van der Waals surface area (Å²) in [7, 11) is 0. The molecule has 0 aromatic heterocycles. The second kappa shape index (κ2) is 6.11. The lowest BCUT2D eigenvalue weighted by atomic mass is 10.1. The fourth-order valence-electron chi connectivity index (χ4n) is 1.24. The molecule has 1 rings (SSSR count). The SMILES string of the molecule is C=C(Br)CNC(=O)c1cc(SC)ccc1C. The van der Waals surface area contributed by atoms with Crippen molar-refractivity contribution in [2.45, 2.75) is 11.8 Å². The van der Waals surface area contributed by atoms with E-state index in [0.717, 1.165) is 20.5 Å². The van der Waals surface area contributed by atoms with Crippen molar-refractivity contribution in [1.82, 2.24) is 5.32 Å². The summed E-state index contributed by atoms with van der Waals surface area (Å²) >= 11 is 4.84. The number of amides is 1. The van der Waals surface area contributed by atoms with E-state index in [-0.39, 0.29) is 5.91 Å². The lowest BCUT2D eigenvalue weighted by molar-refractivity contribution is 0.0957. The van der Waals surface area contributed by atoms with E-state index >= 15 is 0 Å². The van der Waals surface area contributed by atoms with Crippen molar-refractivity contribution in [2.24, 2.45) is 0 Å². The van der Waals surface area contributed by atoms with Crippen LogP contribution in [0.2, 0.25) is 0 Å². The topological polar surface area (TPSA) is 29.1 Å². The summed E-state index contributed by atoms with van der Waals surface area (Å²) in [6.45, 7) is 6.05. The number of rotatable bonds is 4. The van der Waals surface area contributed by atoms with Crippen molar-refractivity contribution in [3.8, 4) is 0 Å². The quantitative estimate of drug-likeness (QED) is 0.864. The average molecular weight is 300 g/mol. The first-order chi connectivity index (χ1) is 7.54. The van der Waals surface area contributed by atoms with Gasteiger partial charge in [0.2, 0.25) is 0 Å². The van der Waals surface area contributed by atoms with Gasteiger partial charge < -0.3 is 5.32 Å². The molecule has 0 saturated heterocycles. The van der Waals surface area contributed by atoms with Gasteiger partial charge in [0.1, 0.15) is 0 Å². The molecule has 0 bridgehead atoms. The number of halogens is 1. The van der Waals surface area contributed by atoms with E-state index in [1.54, 1.807) is 11.8 Å². The maximum absolute atomic E-state index is 11.9. The molecule has 0 spiro atoms. The third-order valence-corrected chi connectivity index (χ3v) is 3.14. The van der Waals surface area contributed by atoms with Gasteiger partial charge in [-0.1, -0.05) is 28.6 Å². The smallest absolute Gasteiger partial charge is 0.251 e. The van der Waals surface area contributed by atoms with Crippen LogP contribution in [-0.2, 0) is 0 Å². The summed E-state index contributed by atoms with van der Waals surface area (Å²) in [6, 6.07) is 5.89. The monoisotopic (exact) mass is 299 g/mol. The second-order valence-electron chi connectivity index (χ2n) is 3.38. The van der Waals surface area contributed by atoms with E-state index in [1.165, 1.54) is 0 Å². The summed E-state index contributed by atoms with van der Waals surface area (Å²) in [4.78, 5) is 12.9. The Balaban J connectivity index is 2.85. The number of hydrogen-bond donors (Lipinski definition) is 1. The highest BCUT2D eigenvalue weighted by molar-refractivity contribution is 9.11. The van der Waals surface area contributed by atoms with Crippen molar-refractivity contribution < 1.29 is 4.79 Å². The molecule has 0 radical (unpaired) electrons. The molecule has 0 atom stereocenters. The van der Waals surface area contributed by atoms with Crippen LogP contribution in [-0.4, -0.2) is 18.7 Å². The maximum Gasteiger partial charge on any atom is 0.251 e. The van der Waals surface area contributed by atoms with E-state index in [2.05, 4.69) is 27.8 Å². The number of thioether (sulfide) groups is 1. The van der Waals surface area contributed by atoms with Crippen molar-refractivity contribution >= 4 is 33.6 Å². The molecule has 1 aromatic rings. The predicted molar refractivity (Wildman–Crippen MR) is 73.4 cm³/mol. The Morgan fingerprint density at radius 3 is 2.81 bits per heavy atom. The zero-order valence-electron chi connectivity index (χ0n) is 9.34. The van der Waals surface area contributed by atoms with E-state index < -0.39 is 0 Å². The van der Waals surface area contributed by atoms with E-state index in [1.807, 2.05) is 31.4 Å². The molecule has 2 nitrogen and oxygen atoms in total. The molecule has 0 saturated carbocycles. The molecule has 1 amide bonds. The van der Waals surface area contributed by atoms with Crippen LogP contribution in [0.5, 0.6) is 0 Å². The molecule has 4 heteroatoms. The Bertz CT molecular complexity index is 417. The van der Waals surface area contributed by atoms with Gasteiger partial charge >= 0.3 is 0 Å². The van der Waals surface area contributed by atoms with E-state index in [4.69, 9.17) is 0 Å². The van der Waals surface area contributed by atoms with Gasteiger partial charge in [0.15, 0.2) is 0 Å². The molecule has 0 aliphatic rings. The third kappa shape index (κ3) is 3.68. The normalized spacial score (nSPS) is 9.94. The average Bonchev–Trinajstić information content (AvgIpc) is 2.26. The highest BCUT2D eigenvalue weighted by Gasteiger charge is 2.09. The van der Waals surface area contributed by atoms with Crippen molar-refractivity contribution in [1.29, 1.82) is 0 Å². The standard InChI is InChI=1S/C12H14BrNOS/c1-8-4-5-10(16-3)6-11(8)12(15)14-7-9(2)13/h4-6H,2,7H2,1,3H3,(H,14,15). The highest BCUT2D eigenvalue weighted by Crippen LogP contribution is 2.19. The first-order valence-electron chi connectivity index (χ1n) is 4.80. The van der Waals surface area contributed by atoms with Gasteiger partial charge in [-0.25, -0.2) is 0 Å². The summed E-state index contributed by atoms with van der Waals surface area (Å²) in [5.41, 5.74) is 1.70. The lowest BCUT2D eigenvalue weighted by Gasteiger charge is -2.08. The molecule has 0 heterocycles. The first kappa shape index (κ1) is 13.3. The molecule has 0 aliphatic heterocycles. The zero-order chi connectivity index (χ0) is 12.1. The van der Waals surface area contributed by atoms with Gasteiger partial charge in [-0.15, -0.1) is 11.8 Å². The van der Waals surface area contributed by atoms with Gasteiger partial charge in [0.25, 0.3) is 5.91 Å². The first-order valence-corrected chi connectivity index (χ1v) is 6.82. The number of benzene rings is 1. The number of hydrogen-bond acceptors (Lipinski definition) is 2. The number of aryl methyl sites for hydroxylation is 1. The van der Waals surface area contributed by atoms with Crippen molar-refractivity contribution in [3.05, 3.63) is 40.4 Å². The van der Waals surface area contributed by atoms with Gasteiger partial charge in [0.05, 0.1) is 0 Å². The minimum atomic E-state index is -0.0611. The van der Waals surface area contributed by atoms with Crippen LogP contribution < -0.4 is 5.32 Å². The van der Waals surface area contributed by atoms with Crippen molar-refractivity contribution in [2.75, 3.05) is 12.8 Å². The Hall–Kier alpha value is -0.740. The molecule has 1 N–H and O–H groups in total. The van der Waals surface area contributed by atoms with Gasteiger partial charge in [-0.05, 0) is 30.9 Å². The van der Waals surface area contributed by atoms with Crippen LogP contribution in [0.25, 0.3) is 0 Å². The predicted octanol–water partition coefficient (Wildman–Crippen LogP) is 3.36. The van der Waals surface area contributed by atoms with Gasteiger partial charge in [0, 0.05) is 21.5 Å². The molecule has 86 valence electrons. The fraction of sp³-hybridized carbons (Fsp3) is 0.250. The number of carbonyl (C=O) groups is 1. The third-order valence-electron chi connectivity index (χ3n) is 2.13. The van der Waals surface area contributed by atoms with Crippen molar-refractivity contribution in [3.63, 3.8) is 0 Å². The van der Waals surface area contributed by atoms with Crippen LogP contribution in [0.15, 0.2) is 34.2 Å². The second-order valence-corrected chi connectivity index (χ2v) is 5.38. The zero-order valence-corrected chi connectivity index (χ0v) is 11.7. The summed E-state index contributed by atoms with van der Waals surface area (Å²) in [6.07, 6.45) is 1.99. The van der Waals surface area contributed by atoms with E-state index in [0.29, 0.717) is 6.54 Å². The molecule has 0 fully saturated rings. The Labute approximate surface area is 109 Å². The largest absolute Gasteiger partial charge is 0.347 e. The lowest BCUT2D eigenvalue weighted by Crippen LogP contribution is -2.25. The number of nitrogens with one attached hydrogen (secondary N) is 1. The van der Waals surface area contributed by atoms with Crippen LogP contribution in [0.4, 0.5) is 0 Å². The summed E-state index contributed by atoms with van der Waals surface area (Å²) < 4.78 is 0.763. The van der Waals surface area contributed by atoms with Crippen LogP contribution in [0, 0.1) is 6.92 Å². The fourth-order valence-corrected chi connectivity index (χ4v) is 1.82. The Morgan fingerprint density at radius 2 is 2.25 bits per heavy atom. The van der Waals surface area contributed by atoms with Gasteiger partial charge in [-0.2, -0.15) is 0 Å². The van der Waals surface area contributed by atoms with Crippen LogP contribution >= 0.6 is 27.7 Å². The molecule has 1 aromatic carbocycles. The van der Waals surface area contributed by atoms with Crippen LogP contribution in [0.3, 0.4) is 0 Å².